The van der Waals surface area contributed by atoms with Crippen LogP contribution >= 0.6 is 11.8 Å². The molecule has 1 rings (SSSR count). The lowest BCUT2D eigenvalue weighted by Crippen LogP contribution is -2.17. The van der Waals surface area contributed by atoms with Gasteiger partial charge >= 0.3 is 0 Å². The lowest BCUT2D eigenvalue weighted by Gasteiger charge is -2.04. The van der Waals surface area contributed by atoms with Crippen LogP contribution in [-0.2, 0) is 11.2 Å². The molecule has 0 aliphatic carbocycles. The Morgan fingerprint density at radius 1 is 1.22 bits per heavy atom. The van der Waals surface area contributed by atoms with Gasteiger partial charge in [-0.2, -0.15) is 0 Å². The first kappa shape index (κ1) is 15.1. The summed E-state index contributed by atoms with van der Waals surface area (Å²) in [5.74, 6) is 0.952. The molecular formula is C15H23NOS. The monoisotopic (exact) mass is 265 g/mol. The van der Waals surface area contributed by atoms with E-state index >= 15 is 0 Å². The van der Waals surface area contributed by atoms with Crippen LogP contribution in [0.1, 0.15) is 38.2 Å². The van der Waals surface area contributed by atoms with Gasteiger partial charge in [-0.3, -0.25) is 4.79 Å². The molecular weight excluding hydrogens is 242 g/mol. The van der Waals surface area contributed by atoms with Crippen molar-refractivity contribution in [3.8, 4) is 0 Å². The molecule has 1 amide bonds. The number of carbonyl (C=O) groups is 1. The number of rotatable bonds is 8. The van der Waals surface area contributed by atoms with Crippen LogP contribution in [-0.4, -0.2) is 18.7 Å². The Hall–Kier alpha value is -0.960. The third kappa shape index (κ3) is 6.10. The highest BCUT2D eigenvalue weighted by atomic mass is 32.2. The molecule has 0 radical (unpaired) electrons. The van der Waals surface area contributed by atoms with Crippen molar-refractivity contribution < 1.29 is 4.79 Å². The minimum Gasteiger partial charge on any atom is -0.359 e. The maximum atomic E-state index is 11.1. The number of carbonyl (C=O) groups excluding carboxylic acids is 1. The first-order valence-corrected chi connectivity index (χ1v) is 7.67. The molecule has 18 heavy (non-hydrogen) atoms. The second-order valence-corrected chi connectivity index (χ2v) is 5.54. The normalized spacial score (nSPS) is 10.3. The molecule has 100 valence electrons. The predicted octanol–water partition coefficient (Wildman–Crippen LogP) is 3.65. The zero-order chi connectivity index (χ0) is 13.2. The number of hydrogen-bond donors (Lipinski definition) is 1. The Balaban J connectivity index is 2.29. The molecule has 0 unspecified atom stereocenters. The molecule has 2 nitrogen and oxygen atoms in total. The van der Waals surface area contributed by atoms with Crippen molar-refractivity contribution in [3.05, 3.63) is 29.8 Å². The summed E-state index contributed by atoms with van der Waals surface area (Å²) in [5.41, 5.74) is 1.42. The van der Waals surface area contributed by atoms with Crippen molar-refractivity contribution >= 4 is 17.7 Å². The molecule has 0 aliphatic rings. The summed E-state index contributed by atoms with van der Waals surface area (Å²) in [6.45, 7) is 2.23. The van der Waals surface area contributed by atoms with Crippen LogP contribution in [0, 0.1) is 0 Å². The fraction of sp³-hybridized carbons (Fsp3) is 0.533. The van der Waals surface area contributed by atoms with Crippen molar-refractivity contribution in [2.75, 3.05) is 12.8 Å². The molecule has 1 N–H and O–H groups in total. The van der Waals surface area contributed by atoms with Gasteiger partial charge in [-0.1, -0.05) is 31.9 Å². The van der Waals surface area contributed by atoms with E-state index in [1.165, 1.54) is 36.1 Å². The molecule has 0 spiro atoms. The number of unbranched alkanes of at least 4 members (excludes halogenated alkanes) is 2. The van der Waals surface area contributed by atoms with Crippen molar-refractivity contribution in [2.24, 2.45) is 0 Å². The second kappa shape index (κ2) is 9.03. The molecule has 1 aromatic rings. The molecule has 0 atom stereocenters. The average Bonchev–Trinajstić information content (AvgIpc) is 2.40. The maximum Gasteiger partial charge on any atom is 0.220 e. The summed E-state index contributed by atoms with van der Waals surface area (Å²) < 4.78 is 0. The SMILES string of the molecule is CCCCCc1ccc(SCCC(=O)NC)cc1. The molecule has 0 bridgehead atoms. The van der Waals surface area contributed by atoms with E-state index in [1.807, 2.05) is 0 Å². The van der Waals surface area contributed by atoms with Gasteiger partial charge in [-0.25, -0.2) is 0 Å². The molecule has 0 saturated carbocycles. The predicted molar refractivity (Wildman–Crippen MR) is 79.1 cm³/mol. The zero-order valence-electron chi connectivity index (χ0n) is 11.4. The minimum atomic E-state index is 0.110. The molecule has 0 heterocycles. The van der Waals surface area contributed by atoms with E-state index in [4.69, 9.17) is 0 Å². The Labute approximate surface area is 115 Å². The maximum absolute atomic E-state index is 11.1. The van der Waals surface area contributed by atoms with Crippen molar-refractivity contribution in [3.63, 3.8) is 0 Å². The number of nitrogens with one attached hydrogen (secondary N) is 1. The van der Waals surface area contributed by atoms with Crippen molar-refractivity contribution in [1.82, 2.24) is 5.32 Å². The smallest absolute Gasteiger partial charge is 0.220 e. The average molecular weight is 265 g/mol. The van der Waals surface area contributed by atoms with Gasteiger partial charge in [0.25, 0.3) is 0 Å². The molecule has 0 fully saturated rings. The Morgan fingerprint density at radius 2 is 1.94 bits per heavy atom. The first-order valence-electron chi connectivity index (χ1n) is 6.68. The van der Waals surface area contributed by atoms with Crippen molar-refractivity contribution in [2.45, 2.75) is 43.9 Å². The van der Waals surface area contributed by atoms with Gasteiger partial charge in [0, 0.05) is 24.1 Å². The number of aryl methyl sites for hydroxylation is 1. The molecule has 0 aromatic heterocycles. The van der Waals surface area contributed by atoms with Crippen LogP contribution in [0.2, 0.25) is 0 Å². The third-order valence-corrected chi connectivity index (χ3v) is 3.88. The van der Waals surface area contributed by atoms with E-state index in [0.29, 0.717) is 6.42 Å². The van der Waals surface area contributed by atoms with Gasteiger partial charge in [-0.15, -0.1) is 11.8 Å². The van der Waals surface area contributed by atoms with Crippen LogP contribution < -0.4 is 5.32 Å². The summed E-state index contributed by atoms with van der Waals surface area (Å²) >= 11 is 1.74. The van der Waals surface area contributed by atoms with Crippen LogP contribution in [0.5, 0.6) is 0 Å². The van der Waals surface area contributed by atoms with Crippen molar-refractivity contribution in [1.29, 1.82) is 0 Å². The van der Waals surface area contributed by atoms with Crippen LogP contribution in [0.15, 0.2) is 29.2 Å². The van der Waals surface area contributed by atoms with Gasteiger partial charge in [0.2, 0.25) is 5.91 Å². The van der Waals surface area contributed by atoms with Crippen LogP contribution in [0.25, 0.3) is 0 Å². The zero-order valence-corrected chi connectivity index (χ0v) is 12.2. The topological polar surface area (TPSA) is 29.1 Å². The molecule has 0 saturated heterocycles. The number of hydrogen-bond acceptors (Lipinski definition) is 2. The number of thioether (sulfide) groups is 1. The quantitative estimate of drug-likeness (QED) is 0.574. The largest absolute Gasteiger partial charge is 0.359 e. The van der Waals surface area contributed by atoms with E-state index in [1.54, 1.807) is 18.8 Å². The summed E-state index contributed by atoms with van der Waals surface area (Å²) in [7, 11) is 1.68. The summed E-state index contributed by atoms with van der Waals surface area (Å²) in [6, 6.07) is 8.74. The summed E-state index contributed by atoms with van der Waals surface area (Å²) in [6.07, 6.45) is 5.62. The highest BCUT2D eigenvalue weighted by molar-refractivity contribution is 7.99. The van der Waals surface area contributed by atoms with E-state index in [9.17, 15) is 4.79 Å². The standard InChI is InChI=1S/C15H23NOS/c1-3-4-5-6-13-7-9-14(10-8-13)18-12-11-15(17)16-2/h7-10H,3-6,11-12H2,1-2H3,(H,16,17). The fourth-order valence-electron chi connectivity index (χ4n) is 1.72. The molecule has 0 aliphatic heterocycles. The van der Waals surface area contributed by atoms with E-state index < -0.39 is 0 Å². The fourth-order valence-corrected chi connectivity index (χ4v) is 2.57. The van der Waals surface area contributed by atoms with E-state index in [-0.39, 0.29) is 5.91 Å². The van der Waals surface area contributed by atoms with Gasteiger partial charge in [0.15, 0.2) is 0 Å². The second-order valence-electron chi connectivity index (χ2n) is 4.37. The Kier molecular flexibility index (Phi) is 7.58. The van der Waals surface area contributed by atoms with Gasteiger partial charge < -0.3 is 5.32 Å². The highest BCUT2D eigenvalue weighted by Crippen LogP contribution is 2.19. The Morgan fingerprint density at radius 3 is 2.56 bits per heavy atom. The number of amides is 1. The minimum absolute atomic E-state index is 0.110. The summed E-state index contributed by atoms with van der Waals surface area (Å²) in [5, 5.41) is 2.64. The van der Waals surface area contributed by atoms with E-state index in [2.05, 4.69) is 36.5 Å². The van der Waals surface area contributed by atoms with Gasteiger partial charge in [-0.05, 0) is 30.5 Å². The van der Waals surface area contributed by atoms with Gasteiger partial charge in [0.1, 0.15) is 0 Å². The van der Waals surface area contributed by atoms with Gasteiger partial charge in [0.05, 0.1) is 0 Å². The lowest BCUT2D eigenvalue weighted by molar-refractivity contribution is -0.120. The number of benzene rings is 1. The summed E-state index contributed by atoms with van der Waals surface area (Å²) in [4.78, 5) is 12.3. The Bertz CT molecular complexity index is 348. The molecule has 1 aromatic carbocycles. The lowest BCUT2D eigenvalue weighted by atomic mass is 10.1. The van der Waals surface area contributed by atoms with Crippen LogP contribution in [0.4, 0.5) is 0 Å². The molecule has 3 heteroatoms. The van der Waals surface area contributed by atoms with E-state index in [0.717, 1.165) is 5.75 Å². The highest BCUT2D eigenvalue weighted by Gasteiger charge is 1.99. The first-order chi connectivity index (χ1) is 8.76. The third-order valence-electron chi connectivity index (χ3n) is 2.87. The van der Waals surface area contributed by atoms with Crippen LogP contribution in [0.3, 0.4) is 0 Å².